The van der Waals surface area contributed by atoms with Crippen molar-refractivity contribution in [3.63, 3.8) is 0 Å². The molecule has 2 aromatic rings. The third-order valence-corrected chi connectivity index (χ3v) is 4.11. The maximum atomic E-state index is 12.3. The Balaban J connectivity index is 1.98. The van der Waals surface area contributed by atoms with Gasteiger partial charge in [-0.1, -0.05) is 67.6 Å². The van der Waals surface area contributed by atoms with Crippen LogP contribution in [0.2, 0.25) is 0 Å². The molecule has 2 aromatic carbocycles. The topological polar surface area (TPSA) is 66.4 Å². The zero-order valence-electron chi connectivity index (χ0n) is 13.8. The molecule has 0 spiro atoms. The zero-order chi connectivity index (χ0) is 17.4. The minimum atomic E-state index is -1.01. The van der Waals surface area contributed by atoms with E-state index < -0.39 is 12.0 Å². The van der Waals surface area contributed by atoms with E-state index in [-0.39, 0.29) is 18.2 Å². The molecule has 0 aliphatic rings. The van der Waals surface area contributed by atoms with Crippen molar-refractivity contribution in [3.8, 4) is 0 Å². The van der Waals surface area contributed by atoms with Gasteiger partial charge in [0.05, 0.1) is 0 Å². The summed E-state index contributed by atoms with van der Waals surface area (Å²) in [5, 5.41) is 12.0. The van der Waals surface area contributed by atoms with Gasteiger partial charge in [-0.2, -0.15) is 0 Å². The second-order valence-corrected chi connectivity index (χ2v) is 5.87. The van der Waals surface area contributed by atoms with Crippen LogP contribution in [0.15, 0.2) is 60.7 Å². The molecule has 0 aliphatic carbocycles. The van der Waals surface area contributed by atoms with Crippen molar-refractivity contribution in [1.82, 2.24) is 5.32 Å². The average Bonchev–Trinajstić information content (AvgIpc) is 2.60. The normalized spacial score (nSPS) is 13.0. The van der Waals surface area contributed by atoms with E-state index in [2.05, 4.69) is 5.32 Å². The Morgan fingerprint density at radius 2 is 1.58 bits per heavy atom. The predicted molar refractivity (Wildman–Crippen MR) is 93.8 cm³/mol. The maximum absolute atomic E-state index is 12.3. The molecule has 0 aliphatic heterocycles. The molecule has 2 rings (SSSR count). The number of carboxylic acid groups (broad SMARTS) is 1. The number of hydrogen-bond acceptors (Lipinski definition) is 2. The van der Waals surface area contributed by atoms with E-state index in [4.69, 9.17) is 0 Å². The van der Waals surface area contributed by atoms with Crippen molar-refractivity contribution < 1.29 is 14.7 Å². The summed E-state index contributed by atoms with van der Waals surface area (Å²) < 4.78 is 0. The largest absolute Gasteiger partial charge is 0.480 e. The molecule has 0 saturated heterocycles. The second kappa shape index (κ2) is 8.87. The van der Waals surface area contributed by atoms with Crippen molar-refractivity contribution in [2.24, 2.45) is 0 Å². The third-order valence-electron chi connectivity index (χ3n) is 4.11. The first-order valence-corrected chi connectivity index (χ1v) is 8.21. The van der Waals surface area contributed by atoms with E-state index in [0.29, 0.717) is 6.42 Å². The molecule has 126 valence electrons. The van der Waals surface area contributed by atoms with Gasteiger partial charge in [0.1, 0.15) is 6.04 Å². The van der Waals surface area contributed by atoms with Crippen LogP contribution in [-0.2, 0) is 16.0 Å². The lowest BCUT2D eigenvalue weighted by molar-refractivity contribution is -0.141. The molecule has 0 radical (unpaired) electrons. The van der Waals surface area contributed by atoms with Gasteiger partial charge in [0, 0.05) is 12.8 Å². The molecule has 2 N–H and O–H groups in total. The standard InChI is InChI=1S/C20H23NO3/c1-2-16(17-11-7-4-8-12-17)14-19(22)21-18(20(23)24)13-15-9-5-3-6-10-15/h3-12,16,18H,2,13-14H2,1H3,(H,21,22)(H,23,24)/t16?,18-/m1/s1. The highest BCUT2D eigenvalue weighted by Gasteiger charge is 2.22. The quantitative estimate of drug-likeness (QED) is 0.782. The molecule has 0 saturated carbocycles. The van der Waals surface area contributed by atoms with Crippen LogP contribution in [0.5, 0.6) is 0 Å². The summed E-state index contributed by atoms with van der Waals surface area (Å²) in [6, 6.07) is 18.3. The molecule has 1 amide bonds. The highest BCUT2D eigenvalue weighted by molar-refractivity contribution is 5.84. The number of aliphatic carboxylic acids is 1. The van der Waals surface area contributed by atoms with Crippen LogP contribution >= 0.6 is 0 Å². The van der Waals surface area contributed by atoms with Crippen LogP contribution in [-0.4, -0.2) is 23.0 Å². The molecule has 4 nitrogen and oxygen atoms in total. The number of carbonyl (C=O) groups is 2. The van der Waals surface area contributed by atoms with E-state index >= 15 is 0 Å². The van der Waals surface area contributed by atoms with E-state index in [1.807, 2.05) is 67.6 Å². The molecule has 24 heavy (non-hydrogen) atoms. The minimum absolute atomic E-state index is 0.0948. The smallest absolute Gasteiger partial charge is 0.326 e. The Bertz CT molecular complexity index is 655. The van der Waals surface area contributed by atoms with Crippen molar-refractivity contribution in [1.29, 1.82) is 0 Å². The molecule has 0 fully saturated rings. The Morgan fingerprint density at radius 1 is 1.00 bits per heavy atom. The fourth-order valence-corrected chi connectivity index (χ4v) is 2.75. The monoisotopic (exact) mass is 325 g/mol. The number of nitrogens with one attached hydrogen (secondary N) is 1. The number of hydrogen-bond donors (Lipinski definition) is 2. The molecule has 0 aromatic heterocycles. The van der Waals surface area contributed by atoms with E-state index in [0.717, 1.165) is 17.5 Å². The lowest BCUT2D eigenvalue weighted by atomic mass is 9.93. The summed E-state index contributed by atoms with van der Waals surface area (Å²) in [7, 11) is 0. The molecule has 2 atom stereocenters. The van der Waals surface area contributed by atoms with Crippen molar-refractivity contribution in [2.75, 3.05) is 0 Å². The first-order valence-electron chi connectivity index (χ1n) is 8.21. The summed E-state index contributed by atoms with van der Waals surface area (Å²) in [5.41, 5.74) is 1.99. The Hall–Kier alpha value is -2.62. The fraction of sp³-hybridized carbons (Fsp3) is 0.300. The summed E-state index contributed by atoms with van der Waals surface area (Å²) >= 11 is 0. The van der Waals surface area contributed by atoms with Crippen LogP contribution in [0.25, 0.3) is 0 Å². The summed E-state index contributed by atoms with van der Waals surface area (Å²) in [6.07, 6.45) is 1.40. The zero-order valence-corrected chi connectivity index (χ0v) is 13.8. The summed E-state index contributed by atoms with van der Waals surface area (Å²) in [4.78, 5) is 23.8. The summed E-state index contributed by atoms with van der Waals surface area (Å²) in [5.74, 6) is -1.15. The molecular formula is C20H23NO3. The van der Waals surface area contributed by atoms with Crippen molar-refractivity contribution in [2.45, 2.75) is 38.1 Å². The lowest BCUT2D eigenvalue weighted by Gasteiger charge is -2.18. The van der Waals surface area contributed by atoms with Crippen LogP contribution < -0.4 is 5.32 Å². The number of rotatable bonds is 8. The number of carboxylic acids is 1. The molecule has 1 unspecified atom stereocenters. The highest BCUT2D eigenvalue weighted by Crippen LogP contribution is 2.22. The van der Waals surface area contributed by atoms with Crippen molar-refractivity contribution >= 4 is 11.9 Å². The summed E-state index contributed by atoms with van der Waals surface area (Å²) in [6.45, 7) is 2.03. The SMILES string of the molecule is CCC(CC(=O)N[C@H](Cc1ccccc1)C(=O)O)c1ccccc1. The first-order chi connectivity index (χ1) is 11.6. The number of carbonyl (C=O) groups excluding carboxylic acids is 1. The van der Waals surface area contributed by atoms with Gasteiger partial charge in [-0.3, -0.25) is 4.79 Å². The molecule has 0 heterocycles. The van der Waals surface area contributed by atoms with E-state index in [9.17, 15) is 14.7 Å². The number of amides is 1. The van der Waals surface area contributed by atoms with E-state index in [1.54, 1.807) is 0 Å². The van der Waals surface area contributed by atoms with Gasteiger partial charge in [0.2, 0.25) is 5.91 Å². The van der Waals surface area contributed by atoms with Gasteiger partial charge in [0.25, 0.3) is 0 Å². The minimum Gasteiger partial charge on any atom is -0.480 e. The van der Waals surface area contributed by atoms with Crippen LogP contribution in [0.4, 0.5) is 0 Å². The predicted octanol–water partition coefficient (Wildman–Crippen LogP) is 3.38. The van der Waals surface area contributed by atoms with Gasteiger partial charge in [-0.25, -0.2) is 4.79 Å². The Morgan fingerprint density at radius 3 is 2.12 bits per heavy atom. The van der Waals surface area contributed by atoms with Crippen LogP contribution in [0.1, 0.15) is 36.8 Å². The van der Waals surface area contributed by atoms with E-state index in [1.165, 1.54) is 0 Å². The molecular weight excluding hydrogens is 302 g/mol. The van der Waals surface area contributed by atoms with Gasteiger partial charge >= 0.3 is 5.97 Å². The average molecular weight is 325 g/mol. The van der Waals surface area contributed by atoms with Gasteiger partial charge in [0.15, 0.2) is 0 Å². The highest BCUT2D eigenvalue weighted by atomic mass is 16.4. The first kappa shape index (κ1) is 17.7. The van der Waals surface area contributed by atoms with Gasteiger partial charge in [-0.15, -0.1) is 0 Å². The third kappa shape index (κ3) is 5.23. The Labute approximate surface area is 142 Å². The van der Waals surface area contributed by atoms with Crippen LogP contribution in [0, 0.1) is 0 Å². The maximum Gasteiger partial charge on any atom is 0.326 e. The Kier molecular flexibility index (Phi) is 6.55. The van der Waals surface area contributed by atoms with Crippen LogP contribution in [0.3, 0.4) is 0 Å². The van der Waals surface area contributed by atoms with Crippen molar-refractivity contribution in [3.05, 3.63) is 71.8 Å². The number of benzene rings is 2. The fourth-order valence-electron chi connectivity index (χ4n) is 2.75. The molecule has 0 bridgehead atoms. The van der Waals surface area contributed by atoms with Gasteiger partial charge < -0.3 is 10.4 Å². The lowest BCUT2D eigenvalue weighted by Crippen LogP contribution is -2.42. The molecule has 4 heteroatoms. The second-order valence-electron chi connectivity index (χ2n) is 5.87. The van der Waals surface area contributed by atoms with Gasteiger partial charge in [-0.05, 0) is 23.5 Å².